The number of hydrogen-bond acceptors (Lipinski definition) is 4. The molecule has 6 heteroatoms. The molecule has 0 aromatic heterocycles. The van der Waals surface area contributed by atoms with E-state index in [2.05, 4.69) is 0 Å². The lowest BCUT2D eigenvalue weighted by Gasteiger charge is -2.20. The zero-order chi connectivity index (χ0) is 15.5. The van der Waals surface area contributed by atoms with E-state index in [9.17, 15) is 9.59 Å². The molecule has 1 atom stereocenters. The van der Waals surface area contributed by atoms with Crippen molar-refractivity contribution in [1.82, 2.24) is 4.90 Å². The van der Waals surface area contributed by atoms with Gasteiger partial charge in [0.2, 0.25) is 0 Å². The number of para-hydroxylation sites is 2. The number of rotatable bonds is 5. The highest BCUT2D eigenvalue weighted by molar-refractivity contribution is 5.81. The molecule has 0 unspecified atom stereocenters. The highest BCUT2D eigenvalue weighted by Crippen LogP contribution is 2.30. The van der Waals surface area contributed by atoms with E-state index in [-0.39, 0.29) is 19.1 Å². The highest BCUT2D eigenvalue weighted by Gasteiger charge is 2.42. The molecule has 0 saturated carbocycles. The summed E-state index contributed by atoms with van der Waals surface area (Å²) in [5.41, 5.74) is -0.861. The molecule has 0 bridgehead atoms. The van der Waals surface area contributed by atoms with E-state index < -0.39 is 11.4 Å². The molecule has 0 spiro atoms. The Labute approximate surface area is 123 Å². The quantitative estimate of drug-likeness (QED) is 0.888. The number of carboxylic acid groups (broad SMARTS) is 1. The van der Waals surface area contributed by atoms with Crippen molar-refractivity contribution in [2.45, 2.75) is 13.3 Å². The van der Waals surface area contributed by atoms with Crippen LogP contribution in [0.5, 0.6) is 11.5 Å². The summed E-state index contributed by atoms with van der Waals surface area (Å²) in [6.07, 6.45) is 0.461. The molecular weight excluding hydrogens is 274 g/mol. The van der Waals surface area contributed by atoms with E-state index in [1.807, 2.05) is 6.07 Å². The molecule has 1 N–H and O–H groups in total. The predicted molar refractivity (Wildman–Crippen MR) is 75.4 cm³/mol. The third-order valence-electron chi connectivity index (χ3n) is 3.76. The second-order valence-corrected chi connectivity index (χ2v) is 5.37. The maximum Gasteiger partial charge on any atom is 0.311 e. The Balaban J connectivity index is 1.93. The Morgan fingerprint density at radius 2 is 2.00 bits per heavy atom. The first-order valence-corrected chi connectivity index (χ1v) is 6.73. The van der Waals surface area contributed by atoms with Gasteiger partial charge in [0.15, 0.2) is 18.1 Å². The molecule has 1 aliphatic rings. The Morgan fingerprint density at radius 1 is 1.33 bits per heavy atom. The number of ether oxygens (including phenoxy) is 2. The van der Waals surface area contributed by atoms with Gasteiger partial charge < -0.3 is 19.5 Å². The molecule has 1 heterocycles. The highest BCUT2D eigenvalue weighted by atomic mass is 16.5. The van der Waals surface area contributed by atoms with E-state index in [1.165, 1.54) is 12.0 Å². The van der Waals surface area contributed by atoms with Crippen LogP contribution < -0.4 is 9.47 Å². The minimum absolute atomic E-state index is 0.129. The SMILES string of the molecule is COc1ccccc1OCC(=O)N1CC[C@@](C)(C(=O)O)C1. The number of hydrogen-bond donors (Lipinski definition) is 1. The van der Waals surface area contributed by atoms with Gasteiger partial charge in [0, 0.05) is 13.1 Å². The number of aliphatic carboxylic acids is 1. The molecule has 1 fully saturated rings. The van der Waals surface area contributed by atoms with Crippen molar-refractivity contribution in [3.8, 4) is 11.5 Å². The Hall–Kier alpha value is -2.24. The second-order valence-electron chi connectivity index (χ2n) is 5.37. The maximum absolute atomic E-state index is 12.1. The second kappa shape index (κ2) is 6.03. The van der Waals surface area contributed by atoms with Gasteiger partial charge in [0.05, 0.1) is 12.5 Å². The smallest absolute Gasteiger partial charge is 0.311 e. The molecule has 1 saturated heterocycles. The molecule has 0 radical (unpaired) electrons. The third-order valence-corrected chi connectivity index (χ3v) is 3.76. The van der Waals surface area contributed by atoms with E-state index in [0.29, 0.717) is 24.5 Å². The zero-order valence-corrected chi connectivity index (χ0v) is 12.2. The molecule has 1 aromatic rings. The number of carbonyl (C=O) groups is 2. The van der Waals surface area contributed by atoms with Crippen LogP contribution >= 0.6 is 0 Å². The molecular formula is C15H19NO5. The summed E-state index contributed by atoms with van der Waals surface area (Å²) in [6.45, 7) is 2.19. The number of nitrogens with zero attached hydrogens (tertiary/aromatic N) is 1. The maximum atomic E-state index is 12.1. The first-order chi connectivity index (χ1) is 9.96. The fraction of sp³-hybridized carbons (Fsp3) is 0.467. The van der Waals surface area contributed by atoms with Gasteiger partial charge in [-0.3, -0.25) is 9.59 Å². The largest absolute Gasteiger partial charge is 0.493 e. The summed E-state index contributed by atoms with van der Waals surface area (Å²) >= 11 is 0. The van der Waals surface area contributed by atoms with Crippen LogP contribution in [0, 0.1) is 5.41 Å². The first-order valence-electron chi connectivity index (χ1n) is 6.73. The zero-order valence-electron chi connectivity index (χ0n) is 12.2. The van der Waals surface area contributed by atoms with Crippen LogP contribution in [0.3, 0.4) is 0 Å². The first kappa shape index (κ1) is 15.2. The van der Waals surface area contributed by atoms with Gasteiger partial charge in [-0.1, -0.05) is 12.1 Å². The summed E-state index contributed by atoms with van der Waals surface area (Å²) in [6, 6.07) is 7.07. The molecule has 2 rings (SSSR count). The Morgan fingerprint density at radius 3 is 2.57 bits per heavy atom. The predicted octanol–water partition coefficient (Wildman–Crippen LogP) is 1.40. The van der Waals surface area contributed by atoms with Crippen molar-refractivity contribution in [1.29, 1.82) is 0 Å². The van der Waals surface area contributed by atoms with Gasteiger partial charge in [-0.15, -0.1) is 0 Å². The van der Waals surface area contributed by atoms with Crippen LogP contribution in [0.25, 0.3) is 0 Å². The molecule has 1 amide bonds. The lowest BCUT2D eigenvalue weighted by Crippen LogP contribution is -2.37. The summed E-state index contributed by atoms with van der Waals surface area (Å²) in [7, 11) is 1.53. The van der Waals surface area contributed by atoms with Crippen LogP contribution in [0.1, 0.15) is 13.3 Å². The number of benzene rings is 1. The minimum Gasteiger partial charge on any atom is -0.493 e. The average Bonchev–Trinajstić information content (AvgIpc) is 2.89. The number of methoxy groups -OCH3 is 1. The number of carbonyl (C=O) groups excluding carboxylic acids is 1. The third kappa shape index (κ3) is 3.26. The van der Waals surface area contributed by atoms with E-state index >= 15 is 0 Å². The van der Waals surface area contributed by atoms with Gasteiger partial charge in [-0.25, -0.2) is 0 Å². The van der Waals surface area contributed by atoms with Crippen molar-refractivity contribution in [2.75, 3.05) is 26.8 Å². The summed E-state index contributed by atoms with van der Waals surface area (Å²) in [4.78, 5) is 24.8. The van der Waals surface area contributed by atoms with Crippen LogP contribution in [-0.4, -0.2) is 48.7 Å². The Bertz CT molecular complexity index is 545. The van der Waals surface area contributed by atoms with Crippen LogP contribution in [0.2, 0.25) is 0 Å². The fourth-order valence-electron chi connectivity index (χ4n) is 2.32. The van der Waals surface area contributed by atoms with Crippen molar-refractivity contribution in [3.05, 3.63) is 24.3 Å². The van der Waals surface area contributed by atoms with Crippen molar-refractivity contribution >= 4 is 11.9 Å². The summed E-state index contributed by atoms with van der Waals surface area (Å²) in [5.74, 6) is -0.0371. The monoisotopic (exact) mass is 293 g/mol. The van der Waals surface area contributed by atoms with Crippen molar-refractivity contribution in [2.24, 2.45) is 5.41 Å². The van der Waals surface area contributed by atoms with Gasteiger partial charge >= 0.3 is 5.97 Å². The van der Waals surface area contributed by atoms with Gasteiger partial charge in [0.25, 0.3) is 5.91 Å². The van der Waals surface area contributed by atoms with Crippen LogP contribution in [0.15, 0.2) is 24.3 Å². The summed E-state index contributed by atoms with van der Waals surface area (Å²) < 4.78 is 10.6. The molecule has 0 aliphatic carbocycles. The van der Waals surface area contributed by atoms with Crippen molar-refractivity contribution in [3.63, 3.8) is 0 Å². The summed E-state index contributed by atoms with van der Waals surface area (Å²) in [5, 5.41) is 9.16. The molecule has 114 valence electrons. The standard InChI is InChI=1S/C15H19NO5/c1-15(14(18)19)7-8-16(10-15)13(17)9-21-12-6-4-3-5-11(12)20-2/h3-6H,7-10H2,1-2H3,(H,18,19)/t15-/m1/s1. The minimum atomic E-state index is -0.872. The molecule has 6 nitrogen and oxygen atoms in total. The van der Waals surface area contributed by atoms with E-state index in [0.717, 1.165) is 0 Å². The van der Waals surface area contributed by atoms with Crippen LogP contribution in [0.4, 0.5) is 0 Å². The van der Waals surface area contributed by atoms with Crippen molar-refractivity contribution < 1.29 is 24.2 Å². The average molecular weight is 293 g/mol. The van der Waals surface area contributed by atoms with Gasteiger partial charge in [-0.05, 0) is 25.5 Å². The van der Waals surface area contributed by atoms with Gasteiger partial charge in [-0.2, -0.15) is 0 Å². The topological polar surface area (TPSA) is 76.1 Å². The normalized spacial score (nSPS) is 21.1. The van der Waals surface area contributed by atoms with E-state index in [1.54, 1.807) is 25.1 Å². The Kier molecular flexibility index (Phi) is 4.35. The van der Waals surface area contributed by atoms with Gasteiger partial charge in [0.1, 0.15) is 0 Å². The number of amides is 1. The molecule has 1 aliphatic heterocycles. The molecule has 21 heavy (non-hydrogen) atoms. The van der Waals surface area contributed by atoms with E-state index in [4.69, 9.17) is 14.6 Å². The number of carboxylic acids is 1. The van der Waals surface area contributed by atoms with Crippen LogP contribution in [-0.2, 0) is 9.59 Å². The number of likely N-dealkylation sites (tertiary alicyclic amines) is 1. The lowest BCUT2D eigenvalue weighted by atomic mass is 9.90. The molecule has 1 aromatic carbocycles. The fourth-order valence-corrected chi connectivity index (χ4v) is 2.32. The lowest BCUT2D eigenvalue weighted by molar-refractivity contribution is -0.147.